The highest BCUT2D eigenvalue weighted by Gasteiger charge is 2.31. The summed E-state index contributed by atoms with van der Waals surface area (Å²) in [6.07, 6.45) is 0. The summed E-state index contributed by atoms with van der Waals surface area (Å²) in [5, 5.41) is 0. The molecule has 0 N–H and O–H groups in total. The van der Waals surface area contributed by atoms with E-state index < -0.39 is 27.7 Å². The normalized spacial score (nSPS) is 14.3. The van der Waals surface area contributed by atoms with E-state index in [-0.39, 0.29) is 0 Å². The van der Waals surface area contributed by atoms with Crippen LogP contribution in [0.15, 0.2) is 0 Å². The minimum Gasteiger partial charge on any atom is -0.292 e. The Morgan fingerprint density at radius 2 is 1.13 bits per heavy atom. The van der Waals surface area contributed by atoms with E-state index in [9.17, 15) is 4.57 Å². The van der Waals surface area contributed by atoms with Crippen LogP contribution in [-0.4, -0.2) is 20.8 Å². The molecule has 0 amide bonds. The Bertz CT molecular complexity index is 224. The molecule has 0 radical (unpaired) electrons. The van der Waals surface area contributed by atoms with Gasteiger partial charge in [-0.3, -0.25) is 9.05 Å². The SMILES string of the molecule is O=P(Cl)(OCC(Cl)(Cl)Cl)OCC(Cl)(Cl)Cl. The third-order valence-corrected chi connectivity index (χ3v) is 2.88. The fraction of sp³-hybridized carbons (Fsp3) is 1.00. The lowest BCUT2D eigenvalue weighted by Crippen LogP contribution is -2.14. The van der Waals surface area contributed by atoms with Gasteiger partial charge < -0.3 is 0 Å². The minimum atomic E-state index is -3.92. The van der Waals surface area contributed by atoms with Gasteiger partial charge in [-0.25, -0.2) is 4.57 Å². The molecule has 0 atom stereocenters. The van der Waals surface area contributed by atoms with Gasteiger partial charge in [0.25, 0.3) is 0 Å². The zero-order valence-electron chi connectivity index (χ0n) is 6.73. The van der Waals surface area contributed by atoms with Crippen LogP contribution >= 0.6 is 87.8 Å². The molecule has 0 fully saturated rings. The highest BCUT2D eigenvalue weighted by Crippen LogP contribution is 2.55. The molecule has 0 saturated carbocycles. The quantitative estimate of drug-likeness (QED) is 0.503. The number of hydrogen-bond donors (Lipinski definition) is 0. The maximum atomic E-state index is 11.3. The zero-order chi connectivity index (χ0) is 12.3. The molecule has 0 aromatic rings. The lowest BCUT2D eigenvalue weighted by atomic mass is 10.9. The van der Waals surface area contributed by atoms with E-state index in [1.807, 2.05) is 0 Å². The molecule has 0 aliphatic heterocycles. The zero-order valence-corrected chi connectivity index (χ0v) is 12.9. The summed E-state index contributed by atoms with van der Waals surface area (Å²) in [6, 6.07) is 0. The van der Waals surface area contributed by atoms with Crippen molar-refractivity contribution in [2.75, 3.05) is 13.2 Å². The van der Waals surface area contributed by atoms with Crippen molar-refractivity contribution in [1.82, 2.24) is 0 Å². The first-order valence-electron chi connectivity index (χ1n) is 3.14. The van der Waals surface area contributed by atoms with Gasteiger partial charge >= 0.3 is 6.95 Å². The van der Waals surface area contributed by atoms with Gasteiger partial charge in [-0.05, 0) is 0 Å². The highest BCUT2D eigenvalue weighted by atomic mass is 35.7. The van der Waals surface area contributed by atoms with E-state index >= 15 is 0 Å². The van der Waals surface area contributed by atoms with Crippen LogP contribution in [0.4, 0.5) is 0 Å². The molecule has 0 bridgehead atoms. The second-order valence-corrected chi connectivity index (χ2v) is 9.86. The summed E-state index contributed by atoms with van der Waals surface area (Å²) in [7, 11) is 0. The smallest absolute Gasteiger partial charge is 0.292 e. The van der Waals surface area contributed by atoms with Crippen molar-refractivity contribution in [1.29, 1.82) is 0 Å². The topological polar surface area (TPSA) is 35.5 Å². The maximum Gasteiger partial charge on any atom is 0.424 e. The molecule has 0 aliphatic rings. The molecule has 0 saturated heterocycles. The van der Waals surface area contributed by atoms with Crippen LogP contribution in [-0.2, 0) is 13.6 Å². The molecule has 0 aromatic heterocycles. The molecule has 3 nitrogen and oxygen atoms in total. The van der Waals surface area contributed by atoms with Crippen molar-refractivity contribution in [2.24, 2.45) is 0 Å². The molecule has 0 rings (SSSR count). The average molecular weight is 379 g/mol. The second kappa shape index (κ2) is 6.38. The summed E-state index contributed by atoms with van der Waals surface area (Å²) in [6.45, 7) is -4.95. The van der Waals surface area contributed by atoms with Crippen molar-refractivity contribution in [3.05, 3.63) is 0 Å². The van der Waals surface area contributed by atoms with Crippen LogP contribution in [0.25, 0.3) is 0 Å². The van der Waals surface area contributed by atoms with Gasteiger partial charge in [-0.2, -0.15) is 0 Å². The first-order valence-corrected chi connectivity index (χ1v) is 7.85. The number of halogens is 7. The van der Waals surface area contributed by atoms with Crippen molar-refractivity contribution >= 4 is 87.8 Å². The van der Waals surface area contributed by atoms with Crippen molar-refractivity contribution in [3.8, 4) is 0 Å². The van der Waals surface area contributed by atoms with Gasteiger partial charge in [0.05, 0.1) is 0 Å². The van der Waals surface area contributed by atoms with E-state index in [0.29, 0.717) is 0 Å². The predicted octanol–water partition coefficient (Wildman–Crippen LogP) is 5.11. The fourth-order valence-electron chi connectivity index (χ4n) is 0.338. The standard InChI is InChI=1S/C4H4Cl7O3P/c5-3(6,7)1-13-15(11,12)14-2-4(8,9)10/h1-2H2. The van der Waals surface area contributed by atoms with Crippen molar-refractivity contribution in [2.45, 2.75) is 7.59 Å². The first-order chi connectivity index (χ1) is 6.41. The molecule has 92 valence electrons. The van der Waals surface area contributed by atoms with Crippen LogP contribution in [0, 0.1) is 0 Å². The number of hydrogen-bond acceptors (Lipinski definition) is 3. The molecule has 15 heavy (non-hydrogen) atoms. The molecule has 0 aromatic carbocycles. The summed E-state index contributed by atoms with van der Waals surface area (Å²) in [5.41, 5.74) is 0. The van der Waals surface area contributed by atoms with Gasteiger partial charge in [0.15, 0.2) is 0 Å². The van der Waals surface area contributed by atoms with Crippen LogP contribution in [0.5, 0.6) is 0 Å². The lowest BCUT2D eigenvalue weighted by molar-refractivity contribution is 0.224. The molecule has 0 unspecified atom stereocenters. The highest BCUT2D eigenvalue weighted by molar-refractivity contribution is 7.81. The monoisotopic (exact) mass is 376 g/mol. The Kier molecular flexibility index (Phi) is 7.30. The van der Waals surface area contributed by atoms with Crippen molar-refractivity contribution < 1.29 is 13.6 Å². The third kappa shape index (κ3) is 12.4. The summed E-state index contributed by atoms with van der Waals surface area (Å²) in [4.78, 5) is 0. The average Bonchev–Trinajstić information content (AvgIpc) is 1.96. The Morgan fingerprint density at radius 3 is 1.33 bits per heavy atom. The van der Waals surface area contributed by atoms with Gasteiger partial charge in [0.2, 0.25) is 7.59 Å². The lowest BCUT2D eigenvalue weighted by Gasteiger charge is -2.17. The summed E-state index contributed by atoms with van der Waals surface area (Å²) < 4.78 is 16.8. The maximum absolute atomic E-state index is 11.3. The summed E-state index contributed by atoms with van der Waals surface area (Å²) in [5.74, 6) is 0. The molecule has 11 heteroatoms. The Balaban J connectivity index is 4.04. The van der Waals surface area contributed by atoms with Crippen LogP contribution < -0.4 is 0 Å². The second-order valence-electron chi connectivity index (χ2n) is 2.21. The first kappa shape index (κ1) is 17.2. The molecular formula is C4H4Cl7O3P. The van der Waals surface area contributed by atoms with E-state index in [2.05, 4.69) is 9.05 Å². The molecule has 0 aliphatic carbocycles. The molecular weight excluding hydrogens is 375 g/mol. The predicted molar refractivity (Wildman–Crippen MR) is 65.9 cm³/mol. The van der Waals surface area contributed by atoms with Gasteiger partial charge in [0.1, 0.15) is 13.2 Å². The molecule has 0 spiro atoms. The van der Waals surface area contributed by atoms with Crippen molar-refractivity contribution in [3.63, 3.8) is 0 Å². The Hall–Kier alpha value is 2.18. The molecule has 0 heterocycles. The van der Waals surface area contributed by atoms with Crippen LogP contribution in [0.1, 0.15) is 0 Å². The van der Waals surface area contributed by atoms with E-state index in [1.165, 1.54) is 0 Å². The fourth-order valence-corrected chi connectivity index (χ4v) is 2.18. The van der Waals surface area contributed by atoms with Gasteiger partial charge in [-0.1, -0.05) is 69.6 Å². The summed E-state index contributed by atoms with van der Waals surface area (Å²) >= 11 is 37.2. The third-order valence-electron chi connectivity index (χ3n) is 0.765. The Morgan fingerprint density at radius 1 is 0.867 bits per heavy atom. The van der Waals surface area contributed by atoms with E-state index in [4.69, 9.17) is 80.8 Å². The largest absolute Gasteiger partial charge is 0.424 e. The van der Waals surface area contributed by atoms with Crippen LogP contribution in [0.3, 0.4) is 0 Å². The number of alkyl halides is 6. The van der Waals surface area contributed by atoms with Gasteiger partial charge in [0, 0.05) is 11.2 Å². The van der Waals surface area contributed by atoms with Gasteiger partial charge in [-0.15, -0.1) is 0 Å². The minimum absolute atomic E-state index is 0.516. The van der Waals surface area contributed by atoms with E-state index in [1.54, 1.807) is 0 Å². The van der Waals surface area contributed by atoms with Crippen LogP contribution in [0.2, 0.25) is 0 Å². The van der Waals surface area contributed by atoms with E-state index in [0.717, 1.165) is 0 Å². The Labute approximate surface area is 121 Å². The number of rotatable bonds is 4.